The molecule has 0 bridgehead atoms. The first kappa shape index (κ1) is 14.0. The summed E-state index contributed by atoms with van der Waals surface area (Å²) in [5.41, 5.74) is -1.06. The highest BCUT2D eigenvalue weighted by atomic mass is 19.3. The molecule has 0 spiro atoms. The van der Waals surface area contributed by atoms with Crippen LogP contribution in [0.5, 0.6) is 0 Å². The van der Waals surface area contributed by atoms with Crippen LogP contribution in [0.25, 0.3) is 0 Å². The van der Waals surface area contributed by atoms with Gasteiger partial charge in [-0.1, -0.05) is 25.1 Å². The Morgan fingerprint density at radius 2 is 1.94 bits per heavy atom. The molecule has 1 aromatic carbocycles. The van der Waals surface area contributed by atoms with Gasteiger partial charge < -0.3 is 5.32 Å². The molecule has 0 aliphatic carbocycles. The number of benzene rings is 1. The zero-order valence-corrected chi connectivity index (χ0v) is 10.1. The van der Waals surface area contributed by atoms with E-state index in [-0.39, 0.29) is 6.42 Å². The molecular formula is C13H18F3N. The highest BCUT2D eigenvalue weighted by molar-refractivity contribution is 5.20. The molecule has 1 rings (SSSR count). The minimum atomic E-state index is -2.53. The summed E-state index contributed by atoms with van der Waals surface area (Å²) >= 11 is 0. The summed E-state index contributed by atoms with van der Waals surface area (Å²) in [5, 5.41) is 2.80. The number of hydrogen-bond acceptors (Lipinski definition) is 1. The second-order valence-electron chi connectivity index (χ2n) is 4.41. The summed E-state index contributed by atoms with van der Waals surface area (Å²) in [4.78, 5) is 0. The third-order valence-corrected chi connectivity index (χ3v) is 2.78. The maximum absolute atomic E-state index is 13.4. The first-order chi connectivity index (χ1) is 7.99. The lowest BCUT2D eigenvalue weighted by molar-refractivity contribution is 0.0401. The molecule has 1 atom stereocenters. The van der Waals surface area contributed by atoms with Gasteiger partial charge in [0.1, 0.15) is 5.82 Å². The monoisotopic (exact) mass is 245 g/mol. The lowest BCUT2D eigenvalue weighted by Crippen LogP contribution is -2.50. The molecule has 0 heterocycles. The molecule has 0 aliphatic rings. The standard InChI is InChI=1S/C13H18F3N/c1-3-8-17-13(2,12(15)16)9-10-6-4-5-7-11(10)14/h4-7,12,17H,3,8-9H2,1-2H3. The Morgan fingerprint density at radius 3 is 2.47 bits per heavy atom. The largest absolute Gasteiger partial charge is 0.306 e. The third-order valence-electron chi connectivity index (χ3n) is 2.78. The zero-order valence-electron chi connectivity index (χ0n) is 10.1. The Morgan fingerprint density at radius 1 is 1.29 bits per heavy atom. The van der Waals surface area contributed by atoms with Crippen molar-refractivity contribution in [3.63, 3.8) is 0 Å². The Kier molecular flexibility index (Phi) is 5.00. The van der Waals surface area contributed by atoms with Crippen LogP contribution in [-0.4, -0.2) is 18.5 Å². The first-order valence-corrected chi connectivity index (χ1v) is 5.76. The van der Waals surface area contributed by atoms with Gasteiger partial charge in [0, 0.05) is 0 Å². The van der Waals surface area contributed by atoms with Crippen LogP contribution in [-0.2, 0) is 6.42 Å². The van der Waals surface area contributed by atoms with Crippen LogP contribution in [0.2, 0.25) is 0 Å². The van der Waals surface area contributed by atoms with E-state index in [1.165, 1.54) is 13.0 Å². The summed E-state index contributed by atoms with van der Waals surface area (Å²) in [7, 11) is 0. The molecular weight excluding hydrogens is 227 g/mol. The Balaban J connectivity index is 2.83. The molecule has 0 amide bonds. The van der Waals surface area contributed by atoms with Crippen molar-refractivity contribution in [2.24, 2.45) is 0 Å². The minimum absolute atomic E-state index is 0.0165. The van der Waals surface area contributed by atoms with Crippen molar-refractivity contribution in [3.05, 3.63) is 35.6 Å². The summed E-state index contributed by atoms with van der Waals surface area (Å²) in [6.45, 7) is 3.83. The molecule has 96 valence electrons. The van der Waals surface area contributed by atoms with Crippen LogP contribution >= 0.6 is 0 Å². The topological polar surface area (TPSA) is 12.0 Å². The first-order valence-electron chi connectivity index (χ1n) is 5.76. The van der Waals surface area contributed by atoms with Crippen molar-refractivity contribution in [1.29, 1.82) is 0 Å². The third kappa shape index (κ3) is 3.73. The van der Waals surface area contributed by atoms with Crippen molar-refractivity contribution in [2.45, 2.75) is 38.7 Å². The number of alkyl halides is 2. The van der Waals surface area contributed by atoms with Crippen LogP contribution in [0.4, 0.5) is 13.2 Å². The highest BCUT2D eigenvalue weighted by Crippen LogP contribution is 2.22. The Bertz CT molecular complexity index is 354. The van der Waals surface area contributed by atoms with Gasteiger partial charge in [-0.3, -0.25) is 0 Å². The molecule has 0 radical (unpaired) electrons. The summed E-state index contributed by atoms with van der Waals surface area (Å²) in [5.74, 6) is -0.433. The van der Waals surface area contributed by atoms with E-state index in [2.05, 4.69) is 5.32 Å². The average Bonchev–Trinajstić information content (AvgIpc) is 2.29. The fraction of sp³-hybridized carbons (Fsp3) is 0.538. The molecule has 0 aromatic heterocycles. The second kappa shape index (κ2) is 6.05. The Hall–Kier alpha value is -1.03. The van der Waals surface area contributed by atoms with Crippen molar-refractivity contribution in [2.75, 3.05) is 6.54 Å². The van der Waals surface area contributed by atoms with E-state index >= 15 is 0 Å². The fourth-order valence-corrected chi connectivity index (χ4v) is 1.66. The fourth-order valence-electron chi connectivity index (χ4n) is 1.66. The number of nitrogens with one attached hydrogen (secondary N) is 1. The van der Waals surface area contributed by atoms with Gasteiger partial charge in [-0.25, -0.2) is 13.2 Å². The summed E-state index contributed by atoms with van der Waals surface area (Å²) in [6, 6.07) is 6.05. The van der Waals surface area contributed by atoms with E-state index in [4.69, 9.17) is 0 Å². The quantitative estimate of drug-likeness (QED) is 0.810. The van der Waals surface area contributed by atoms with Gasteiger partial charge in [0.15, 0.2) is 0 Å². The van der Waals surface area contributed by atoms with Crippen molar-refractivity contribution in [1.82, 2.24) is 5.32 Å². The van der Waals surface area contributed by atoms with E-state index < -0.39 is 17.8 Å². The number of hydrogen-bond donors (Lipinski definition) is 1. The summed E-state index contributed by atoms with van der Waals surface area (Å²) in [6.07, 6.45) is -1.79. The van der Waals surface area contributed by atoms with Gasteiger partial charge in [0.05, 0.1) is 5.54 Å². The molecule has 1 nitrogen and oxygen atoms in total. The van der Waals surface area contributed by atoms with Gasteiger partial charge in [0.2, 0.25) is 0 Å². The molecule has 1 N–H and O–H groups in total. The van der Waals surface area contributed by atoms with E-state index in [0.29, 0.717) is 12.1 Å². The van der Waals surface area contributed by atoms with E-state index in [0.717, 1.165) is 6.42 Å². The molecule has 1 aromatic rings. The molecule has 0 saturated carbocycles. The predicted molar refractivity (Wildman–Crippen MR) is 62.8 cm³/mol. The van der Waals surface area contributed by atoms with Crippen molar-refractivity contribution in [3.8, 4) is 0 Å². The molecule has 0 aliphatic heterocycles. The van der Waals surface area contributed by atoms with Gasteiger partial charge in [-0.2, -0.15) is 0 Å². The molecule has 17 heavy (non-hydrogen) atoms. The molecule has 1 unspecified atom stereocenters. The van der Waals surface area contributed by atoms with E-state index in [1.54, 1.807) is 18.2 Å². The van der Waals surface area contributed by atoms with Crippen LogP contribution in [0.15, 0.2) is 24.3 Å². The average molecular weight is 245 g/mol. The van der Waals surface area contributed by atoms with Gasteiger partial charge in [-0.15, -0.1) is 0 Å². The molecule has 4 heteroatoms. The van der Waals surface area contributed by atoms with Crippen LogP contribution < -0.4 is 5.32 Å². The zero-order chi connectivity index (χ0) is 12.9. The van der Waals surface area contributed by atoms with E-state index in [9.17, 15) is 13.2 Å². The maximum Gasteiger partial charge on any atom is 0.256 e. The number of halogens is 3. The van der Waals surface area contributed by atoms with Crippen molar-refractivity contribution < 1.29 is 13.2 Å². The van der Waals surface area contributed by atoms with Gasteiger partial charge in [0.25, 0.3) is 6.43 Å². The highest BCUT2D eigenvalue weighted by Gasteiger charge is 2.34. The lowest BCUT2D eigenvalue weighted by Gasteiger charge is -2.30. The predicted octanol–water partition coefficient (Wildman–Crippen LogP) is 3.39. The number of rotatable bonds is 6. The van der Waals surface area contributed by atoms with Crippen LogP contribution in [0.3, 0.4) is 0 Å². The van der Waals surface area contributed by atoms with Gasteiger partial charge >= 0.3 is 0 Å². The minimum Gasteiger partial charge on any atom is -0.306 e. The van der Waals surface area contributed by atoms with Crippen LogP contribution in [0.1, 0.15) is 25.8 Å². The van der Waals surface area contributed by atoms with Crippen molar-refractivity contribution >= 4 is 0 Å². The lowest BCUT2D eigenvalue weighted by atomic mass is 9.92. The smallest absolute Gasteiger partial charge is 0.256 e. The van der Waals surface area contributed by atoms with E-state index in [1.807, 2.05) is 6.92 Å². The molecule has 0 fully saturated rings. The second-order valence-corrected chi connectivity index (χ2v) is 4.41. The summed E-state index contributed by atoms with van der Waals surface area (Å²) < 4.78 is 39.5. The van der Waals surface area contributed by atoms with Gasteiger partial charge in [-0.05, 0) is 37.9 Å². The molecule has 0 saturated heterocycles. The maximum atomic E-state index is 13.4. The van der Waals surface area contributed by atoms with Crippen LogP contribution in [0, 0.1) is 5.82 Å². The normalized spacial score (nSPS) is 14.9. The SMILES string of the molecule is CCCNC(C)(Cc1ccccc1F)C(F)F. The Labute approximate surface area is 100 Å².